The fraction of sp³-hybridized carbons (Fsp3) is 0.538. The zero-order valence-electron chi connectivity index (χ0n) is 10.7. The first-order valence-corrected chi connectivity index (χ1v) is 6.77. The molecule has 0 unspecified atom stereocenters. The van der Waals surface area contributed by atoms with Crippen LogP contribution in [0.15, 0.2) is 16.6 Å². The van der Waals surface area contributed by atoms with Gasteiger partial charge in [-0.05, 0) is 39.9 Å². The molecule has 0 spiro atoms. The maximum atomic E-state index is 6.02. The fourth-order valence-corrected chi connectivity index (χ4v) is 2.44. The molecule has 0 aliphatic carbocycles. The molecule has 0 bridgehead atoms. The van der Waals surface area contributed by atoms with E-state index >= 15 is 0 Å². The van der Waals surface area contributed by atoms with Gasteiger partial charge in [0.15, 0.2) is 5.75 Å². The van der Waals surface area contributed by atoms with E-state index in [9.17, 15) is 0 Å². The zero-order chi connectivity index (χ0) is 13.1. The van der Waals surface area contributed by atoms with Gasteiger partial charge in [0.2, 0.25) is 0 Å². The van der Waals surface area contributed by atoms with Gasteiger partial charge >= 0.3 is 0 Å². The van der Waals surface area contributed by atoms with Crippen molar-refractivity contribution in [3.05, 3.63) is 21.6 Å². The maximum Gasteiger partial charge on any atom is 0.156 e. The van der Waals surface area contributed by atoms with Gasteiger partial charge in [0.25, 0.3) is 0 Å². The molecule has 0 atom stereocenters. The smallest absolute Gasteiger partial charge is 0.156 e. The first kappa shape index (κ1) is 14.7. The lowest BCUT2D eigenvalue weighted by atomic mass is 9.92. The second-order valence-electron chi connectivity index (χ2n) is 5.21. The highest BCUT2D eigenvalue weighted by atomic mass is 79.9. The van der Waals surface area contributed by atoms with Gasteiger partial charge in [0.05, 0.1) is 17.3 Å². The number of ether oxygens (including phenoxy) is 1. The largest absolute Gasteiger partial charge is 0.493 e. The molecule has 96 valence electrons. The third kappa shape index (κ3) is 4.76. The van der Waals surface area contributed by atoms with Crippen LogP contribution in [-0.4, -0.2) is 13.7 Å². The Balaban J connectivity index is 2.76. The minimum absolute atomic E-state index is 0.316. The highest BCUT2D eigenvalue weighted by Crippen LogP contribution is 2.36. The highest BCUT2D eigenvalue weighted by molar-refractivity contribution is 9.10. The second-order valence-corrected chi connectivity index (χ2v) is 6.50. The minimum Gasteiger partial charge on any atom is -0.493 e. The van der Waals surface area contributed by atoms with Crippen LogP contribution in [-0.2, 0) is 0 Å². The SMILES string of the molecule is COc1c(Br)cc(Cl)cc1NCCC(C)(C)C. The Bertz CT molecular complexity index is 388. The van der Waals surface area contributed by atoms with Crippen LogP contribution in [0.2, 0.25) is 5.02 Å². The van der Waals surface area contributed by atoms with Gasteiger partial charge in [-0.2, -0.15) is 0 Å². The standard InChI is InChI=1S/C13H19BrClNO/c1-13(2,3)5-6-16-11-8-9(15)7-10(14)12(11)17-4/h7-8,16H,5-6H2,1-4H3. The van der Waals surface area contributed by atoms with Gasteiger partial charge in [0.1, 0.15) is 0 Å². The molecule has 0 radical (unpaired) electrons. The summed E-state index contributed by atoms with van der Waals surface area (Å²) in [6, 6.07) is 3.71. The predicted molar refractivity (Wildman–Crippen MR) is 78.3 cm³/mol. The van der Waals surface area contributed by atoms with E-state index in [0.717, 1.165) is 28.9 Å². The molecular formula is C13H19BrClNO. The van der Waals surface area contributed by atoms with Crippen molar-refractivity contribution in [2.45, 2.75) is 27.2 Å². The van der Waals surface area contributed by atoms with E-state index in [4.69, 9.17) is 16.3 Å². The van der Waals surface area contributed by atoms with E-state index in [1.807, 2.05) is 12.1 Å². The average molecular weight is 321 g/mol. The van der Waals surface area contributed by atoms with Crippen LogP contribution < -0.4 is 10.1 Å². The Labute approximate surface area is 117 Å². The molecule has 0 fully saturated rings. The van der Waals surface area contributed by atoms with Crippen molar-refractivity contribution in [2.75, 3.05) is 19.0 Å². The number of nitrogens with one attached hydrogen (secondary N) is 1. The molecule has 0 aromatic heterocycles. The summed E-state index contributed by atoms with van der Waals surface area (Å²) < 4.78 is 6.21. The lowest BCUT2D eigenvalue weighted by Crippen LogP contribution is -2.13. The summed E-state index contributed by atoms with van der Waals surface area (Å²) in [5.74, 6) is 0.795. The summed E-state index contributed by atoms with van der Waals surface area (Å²) in [6.45, 7) is 7.56. The summed E-state index contributed by atoms with van der Waals surface area (Å²) >= 11 is 9.46. The quantitative estimate of drug-likeness (QED) is 0.846. The molecule has 0 saturated carbocycles. The first-order valence-electron chi connectivity index (χ1n) is 5.60. The first-order chi connectivity index (χ1) is 7.83. The minimum atomic E-state index is 0.316. The van der Waals surface area contributed by atoms with E-state index in [2.05, 4.69) is 42.0 Å². The van der Waals surface area contributed by atoms with Crippen LogP contribution in [0, 0.1) is 5.41 Å². The van der Waals surface area contributed by atoms with Crippen molar-refractivity contribution in [3.63, 3.8) is 0 Å². The van der Waals surface area contributed by atoms with E-state index in [1.165, 1.54) is 0 Å². The molecule has 0 aliphatic rings. The number of methoxy groups -OCH3 is 1. The number of halogens is 2. The summed E-state index contributed by atoms with van der Waals surface area (Å²) in [5.41, 5.74) is 1.24. The lowest BCUT2D eigenvalue weighted by Gasteiger charge is -2.19. The Hall–Kier alpha value is -0.410. The van der Waals surface area contributed by atoms with Gasteiger partial charge < -0.3 is 10.1 Å². The van der Waals surface area contributed by atoms with Crippen molar-refractivity contribution in [1.82, 2.24) is 0 Å². The molecule has 1 N–H and O–H groups in total. The van der Waals surface area contributed by atoms with Crippen molar-refractivity contribution in [3.8, 4) is 5.75 Å². The maximum absolute atomic E-state index is 6.02. The molecule has 1 rings (SSSR count). The monoisotopic (exact) mass is 319 g/mol. The molecule has 4 heteroatoms. The molecular weight excluding hydrogens is 302 g/mol. The Kier molecular flexibility index (Phi) is 5.14. The summed E-state index contributed by atoms with van der Waals surface area (Å²) in [4.78, 5) is 0. The highest BCUT2D eigenvalue weighted by Gasteiger charge is 2.12. The third-order valence-corrected chi connectivity index (χ3v) is 3.21. The van der Waals surface area contributed by atoms with E-state index in [1.54, 1.807) is 7.11 Å². The fourth-order valence-electron chi connectivity index (χ4n) is 1.47. The molecule has 0 saturated heterocycles. The van der Waals surface area contributed by atoms with Gasteiger partial charge in [-0.15, -0.1) is 0 Å². The molecule has 1 aromatic rings. The summed E-state index contributed by atoms with van der Waals surface area (Å²) in [7, 11) is 1.66. The number of hydrogen-bond donors (Lipinski definition) is 1. The van der Waals surface area contributed by atoms with Crippen molar-refractivity contribution >= 4 is 33.2 Å². The number of hydrogen-bond acceptors (Lipinski definition) is 2. The molecule has 17 heavy (non-hydrogen) atoms. The van der Waals surface area contributed by atoms with Crippen molar-refractivity contribution in [2.24, 2.45) is 5.41 Å². The summed E-state index contributed by atoms with van der Waals surface area (Å²) in [6.07, 6.45) is 1.08. The lowest BCUT2D eigenvalue weighted by molar-refractivity contribution is 0.388. The van der Waals surface area contributed by atoms with Crippen molar-refractivity contribution < 1.29 is 4.74 Å². The predicted octanol–water partition coefficient (Wildman–Crippen LogP) is 4.96. The van der Waals surface area contributed by atoms with Crippen molar-refractivity contribution in [1.29, 1.82) is 0 Å². The van der Waals surface area contributed by atoms with E-state index in [-0.39, 0.29) is 0 Å². The number of anilines is 1. The number of benzene rings is 1. The number of rotatable bonds is 4. The van der Waals surface area contributed by atoms with Crippen LogP contribution in [0.3, 0.4) is 0 Å². The normalized spacial score (nSPS) is 11.4. The topological polar surface area (TPSA) is 21.3 Å². The molecule has 0 aliphatic heterocycles. The second kappa shape index (κ2) is 5.96. The zero-order valence-corrected chi connectivity index (χ0v) is 13.1. The Morgan fingerprint density at radius 2 is 2.00 bits per heavy atom. The Morgan fingerprint density at radius 1 is 1.35 bits per heavy atom. The van der Waals surface area contributed by atoms with Crippen LogP contribution in [0.25, 0.3) is 0 Å². The molecule has 2 nitrogen and oxygen atoms in total. The van der Waals surface area contributed by atoms with Crippen LogP contribution in [0.4, 0.5) is 5.69 Å². The average Bonchev–Trinajstić information content (AvgIpc) is 2.14. The van der Waals surface area contributed by atoms with Crippen LogP contribution >= 0.6 is 27.5 Å². The molecule has 0 amide bonds. The third-order valence-electron chi connectivity index (χ3n) is 2.40. The Morgan fingerprint density at radius 3 is 2.53 bits per heavy atom. The van der Waals surface area contributed by atoms with Gasteiger partial charge in [0, 0.05) is 11.6 Å². The molecule has 1 aromatic carbocycles. The van der Waals surface area contributed by atoms with Gasteiger partial charge in [-0.25, -0.2) is 0 Å². The van der Waals surface area contributed by atoms with Crippen LogP contribution in [0.1, 0.15) is 27.2 Å². The van der Waals surface area contributed by atoms with Crippen LogP contribution in [0.5, 0.6) is 5.75 Å². The van der Waals surface area contributed by atoms with E-state index in [0.29, 0.717) is 10.4 Å². The molecule has 0 heterocycles. The van der Waals surface area contributed by atoms with Gasteiger partial charge in [-0.1, -0.05) is 32.4 Å². The van der Waals surface area contributed by atoms with Gasteiger partial charge in [-0.3, -0.25) is 0 Å². The summed E-state index contributed by atoms with van der Waals surface area (Å²) in [5, 5.41) is 4.05. The van der Waals surface area contributed by atoms with E-state index < -0.39 is 0 Å².